The molecule has 0 bridgehead atoms. The predicted molar refractivity (Wildman–Crippen MR) is 88.8 cm³/mol. The molecule has 1 aromatic rings. The monoisotopic (exact) mass is 290 g/mol. The number of aromatic hydroxyl groups is 1. The molecule has 0 amide bonds. The van der Waals surface area contributed by atoms with Crippen LogP contribution in [0.1, 0.15) is 57.6 Å². The molecule has 1 saturated carbocycles. The predicted octanol–water partition coefficient (Wildman–Crippen LogP) is 3.31. The first kappa shape index (κ1) is 16.3. The van der Waals surface area contributed by atoms with Gasteiger partial charge in [0.1, 0.15) is 5.75 Å². The van der Waals surface area contributed by atoms with Crippen molar-refractivity contribution in [1.29, 1.82) is 0 Å². The summed E-state index contributed by atoms with van der Waals surface area (Å²) in [6.07, 6.45) is 5.06. The fourth-order valence-corrected chi connectivity index (χ4v) is 3.30. The molecule has 21 heavy (non-hydrogen) atoms. The number of phenolic OH excluding ortho intramolecular Hbond substituents is 1. The van der Waals surface area contributed by atoms with Crippen molar-refractivity contribution in [2.75, 3.05) is 7.05 Å². The Morgan fingerprint density at radius 1 is 1.14 bits per heavy atom. The molecular formula is C18H30N2O. The van der Waals surface area contributed by atoms with Crippen molar-refractivity contribution >= 4 is 0 Å². The van der Waals surface area contributed by atoms with Gasteiger partial charge in [0.25, 0.3) is 0 Å². The van der Waals surface area contributed by atoms with E-state index < -0.39 is 0 Å². The summed E-state index contributed by atoms with van der Waals surface area (Å²) in [7, 11) is 2.04. The molecule has 0 unspecified atom stereocenters. The molecule has 3 N–H and O–H groups in total. The lowest BCUT2D eigenvalue weighted by atomic mass is 9.85. The minimum atomic E-state index is -0.0293. The highest BCUT2D eigenvalue weighted by Crippen LogP contribution is 2.33. The van der Waals surface area contributed by atoms with Crippen molar-refractivity contribution in [2.24, 2.45) is 0 Å². The molecule has 3 heteroatoms. The van der Waals surface area contributed by atoms with E-state index in [1.165, 1.54) is 25.7 Å². The number of benzene rings is 1. The van der Waals surface area contributed by atoms with Gasteiger partial charge >= 0.3 is 0 Å². The SMILES string of the molecule is CN[C@H]1CCCC[C@@H]1NCc1cccc(C(C)(C)C)c1O. The summed E-state index contributed by atoms with van der Waals surface area (Å²) in [4.78, 5) is 0. The molecule has 0 saturated heterocycles. The first-order valence-corrected chi connectivity index (χ1v) is 8.15. The second-order valence-corrected chi connectivity index (χ2v) is 7.23. The average Bonchev–Trinajstić information content (AvgIpc) is 2.45. The lowest BCUT2D eigenvalue weighted by Gasteiger charge is -2.32. The molecule has 0 radical (unpaired) electrons. The highest BCUT2D eigenvalue weighted by atomic mass is 16.3. The topological polar surface area (TPSA) is 44.3 Å². The maximum Gasteiger partial charge on any atom is 0.123 e. The summed E-state index contributed by atoms with van der Waals surface area (Å²) < 4.78 is 0. The van der Waals surface area contributed by atoms with Crippen molar-refractivity contribution in [2.45, 2.75) is 70.5 Å². The van der Waals surface area contributed by atoms with Gasteiger partial charge in [0.2, 0.25) is 0 Å². The van der Waals surface area contributed by atoms with Gasteiger partial charge in [0.05, 0.1) is 0 Å². The van der Waals surface area contributed by atoms with Crippen LogP contribution >= 0.6 is 0 Å². The Morgan fingerprint density at radius 2 is 1.81 bits per heavy atom. The van der Waals surface area contributed by atoms with Gasteiger partial charge in [-0.15, -0.1) is 0 Å². The minimum absolute atomic E-state index is 0.0293. The third kappa shape index (κ3) is 3.98. The van der Waals surface area contributed by atoms with Gasteiger partial charge < -0.3 is 15.7 Å². The molecule has 1 aliphatic carbocycles. The van der Waals surface area contributed by atoms with Crippen LogP contribution in [0.3, 0.4) is 0 Å². The largest absolute Gasteiger partial charge is 0.507 e. The van der Waals surface area contributed by atoms with Crippen LogP contribution in [0.15, 0.2) is 18.2 Å². The summed E-state index contributed by atoms with van der Waals surface area (Å²) >= 11 is 0. The van der Waals surface area contributed by atoms with Crippen molar-refractivity contribution in [3.8, 4) is 5.75 Å². The van der Waals surface area contributed by atoms with E-state index in [9.17, 15) is 5.11 Å². The van der Waals surface area contributed by atoms with Crippen LogP contribution in [0.2, 0.25) is 0 Å². The fourth-order valence-electron chi connectivity index (χ4n) is 3.30. The molecule has 3 nitrogen and oxygen atoms in total. The Balaban J connectivity index is 2.06. The number of phenols is 1. The molecule has 0 aromatic heterocycles. The van der Waals surface area contributed by atoms with E-state index in [0.717, 1.165) is 17.7 Å². The Morgan fingerprint density at radius 3 is 2.43 bits per heavy atom. The van der Waals surface area contributed by atoms with E-state index in [2.05, 4.69) is 31.4 Å². The average molecular weight is 290 g/mol. The first-order chi connectivity index (χ1) is 9.93. The third-order valence-corrected chi connectivity index (χ3v) is 4.62. The molecule has 1 fully saturated rings. The van der Waals surface area contributed by atoms with Crippen molar-refractivity contribution in [1.82, 2.24) is 10.6 Å². The number of hydrogen-bond acceptors (Lipinski definition) is 3. The molecule has 2 atom stereocenters. The van der Waals surface area contributed by atoms with Gasteiger partial charge in [-0.25, -0.2) is 0 Å². The maximum atomic E-state index is 10.5. The van der Waals surface area contributed by atoms with Crippen molar-refractivity contribution in [3.05, 3.63) is 29.3 Å². The summed E-state index contributed by atoms with van der Waals surface area (Å²) in [5.41, 5.74) is 2.00. The minimum Gasteiger partial charge on any atom is -0.507 e. The van der Waals surface area contributed by atoms with Crippen molar-refractivity contribution in [3.63, 3.8) is 0 Å². The zero-order chi connectivity index (χ0) is 15.5. The normalized spacial score (nSPS) is 23.2. The third-order valence-electron chi connectivity index (χ3n) is 4.62. The fraction of sp³-hybridized carbons (Fsp3) is 0.667. The van der Waals surface area contributed by atoms with Gasteiger partial charge in [-0.2, -0.15) is 0 Å². The highest BCUT2D eigenvalue weighted by Gasteiger charge is 2.24. The number of hydrogen-bond donors (Lipinski definition) is 3. The Labute approximate surface area is 129 Å². The Kier molecular flexibility index (Phi) is 5.28. The zero-order valence-corrected chi connectivity index (χ0v) is 13.9. The van der Waals surface area contributed by atoms with E-state index in [4.69, 9.17) is 0 Å². The first-order valence-electron chi connectivity index (χ1n) is 8.15. The maximum absolute atomic E-state index is 10.5. The molecular weight excluding hydrogens is 260 g/mol. The van der Waals surface area contributed by atoms with Gasteiger partial charge in [-0.3, -0.25) is 0 Å². The van der Waals surface area contributed by atoms with Gasteiger partial charge in [0.15, 0.2) is 0 Å². The van der Waals surface area contributed by atoms with Crippen LogP contribution in [0.25, 0.3) is 0 Å². The van der Waals surface area contributed by atoms with E-state index >= 15 is 0 Å². The van der Waals surface area contributed by atoms with E-state index in [-0.39, 0.29) is 5.41 Å². The number of rotatable bonds is 4. The lowest BCUT2D eigenvalue weighted by molar-refractivity contribution is 0.293. The van der Waals surface area contributed by atoms with Gasteiger partial charge in [-0.1, -0.05) is 51.8 Å². The Hall–Kier alpha value is -1.06. The quantitative estimate of drug-likeness (QED) is 0.797. The van der Waals surface area contributed by atoms with Crippen LogP contribution in [0.5, 0.6) is 5.75 Å². The number of para-hydroxylation sites is 1. The molecule has 1 aromatic carbocycles. The van der Waals surface area contributed by atoms with Crippen LogP contribution in [0.4, 0.5) is 0 Å². The molecule has 0 heterocycles. The van der Waals surface area contributed by atoms with Crippen LogP contribution in [-0.2, 0) is 12.0 Å². The molecule has 0 aliphatic heterocycles. The Bertz CT molecular complexity index is 465. The molecule has 1 aliphatic rings. The highest BCUT2D eigenvalue weighted by molar-refractivity contribution is 5.43. The van der Waals surface area contributed by atoms with Crippen LogP contribution in [0, 0.1) is 0 Å². The second-order valence-electron chi connectivity index (χ2n) is 7.23. The summed E-state index contributed by atoms with van der Waals surface area (Å²) in [6.45, 7) is 7.14. The van der Waals surface area contributed by atoms with E-state index in [1.807, 2.05) is 25.2 Å². The summed E-state index contributed by atoms with van der Waals surface area (Å²) in [6, 6.07) is 7.14. The molecule has 2 rings (SSSR count). The van der Waals surface area contributed by atoms with Crippen molar-refractivity contribution < 1.29 is 5.11 Å². The number of likely N-dealkylation sites (N-methyl/N-ethyl adjacent to an activating group) is 1. The van der Waals surface area contributed by atoms with Crippen LogP contribution < -0.4 is 10.6 Å². The van der Waals surface area contributed by atoms with Crippen LogP contribution in [-0.4, -0.2) is 24.2 Å². The van der Waals surface area contributed by atoms with E-state index in [0.29, 0.717) is 17.8 Å². The zero-order valence-electron chi connectivity index (χ0n) is 13.9. The smallest absolute Gasteiger partial charge is 0.123 e. The molecule has 0 spiro atoms. The summed E-state index contributed by atoms with van der Waals surface area (Å²) in [5.74, 6) is 0.453. The van der Waals surface area contributed by atoms with Gasteiger partial charge in [-0.05, 0) is 30.9 Å². The molecule has 118 valence electrons. The second kappa shape index (κ2) is 6.80. The lowest BCUT2D eigenvalue weighted by Crippen LogP contribution is -2.48. The van der Waals surface area contributed by atoms with Gasteiger partial charge in [0, 0.05) is 24.2 Å². The summed E-state index contributed by atoms with van der Waals surface area (Å²) in [5, 5.41) is 17.6. The van der Waals surface area contributed by atoms with E-state index in [1.54, 1.807) is 0 Å². The number of nitrogens with one attached hydrogen (secondary N) is 2. The standard InChI is InChI=1S/C18H30N2O/c1-18(2,3)14-9-7-8-13(17(14)21)12-20-16-11-6-5-10-15(16)19-4/h7-9,15-16,19-21H,5-6,10-12H2,1-4H3/t15-,16-/m0/s1.